The van der Waals surface area contributed by atoms with E-state index >= 15 is 0 Å². The van der Waals surface area contributed by atoms with Crippen molar-refractivity contribution < 1.29 is 23.0 Å². The average Bonchev–Trinajstić information content (AvgIpc) is 2.36. The highest BCUT2D eigenvalue weighted by molar-refractivity contribution is 5.33. The Balaban J connectivity index is 2.57. The van der Waals surface area contributed by atoms with Gasteiger partial charge in [0.1, 0.15) is 12.4 Å². The third kappa shape index (κ3) is 5.48. The zero-order valence-corrected chi connectivity index (χ0v) is 10.7. The van der Waals surface area contributed by atoms with E-state index in [0.717, 1.165) is 18.5 Å². The second-order valence-corrected chi connectivity index (χ2v) is 4.15. The molecule has 1 rings (SSSR count). The normalized spacial score (nSPS) is 13.3. The fraction of sp³-hybridized carbons (Fsp3) is 0.538. The molecule has 0 saturated heterocycles. The van der Waals surface area contributed by atoms with E-state index in [1.807, 2.05) is 6.92 Å². The Labute approximate surface area is 110 Å². The lowest BCUT2D eigenvalue weighted by Crippen LogP contribution is -2.34. The van der Waals surface area contributed by atoms with E-state index in [1.54, 1.807) is 24.3 Å². The molecule has 0 aliphatic carbocycles. The average molecular weight is 277 g/mol. The topological polar surface area (TPSA) is 41.5 Å². The molecule has 3 nitrogen and oxygen atoms in total. The first-order valence-electron chi connectivity index (χ1n) is 6.11. The number of benzene rings is 1. The van der Waals surface area contributed by atoms with E-state index in [0.29, 0.717) is 12.3 Å². The smallest absolute Gasteiger partial charge is 0.417 e. The number of ether oxygens (including phenoxy) is 1. The fourth-order valence-corrected chi connectivity index (χ4v) is 1.45. The number of aliphatic hydroxyl groups is 1. The van der Waals surface area contributed by atoms with Gasteiger partial charge >= 0.3 is 6.18 Å². The zero-order valence-electron chi connectivity index (χ0n) is 10.7. The molecule has 1 aromatic carbocycles. The summed E-state index contributed by atoms with van der Waals surface area (Å²) in [6.07, 6.45) is -6.16. The summed E-state index contributed by atoms with van der Waals surface area (Å²) >= 11 is 0. The summed E-state index contributed by atoms with van der Waals surface area (Å²) in [5, 5.41) is 12.0. The van der Waals surface area contributed by atoms with Crippen LogP contribution in [0.5, 0.6) is 5.75 Å². The Hall–Kier alpha value is -1.27. The molecule has 0 aliphatic rings. The first kappa shape index (κ1) is 15.8. The third-order valence-electron chi connectivity index (χ3n) is 2.49. The minimum absolute atomic E-state index is 0.356. The largest absolute Gasteiger partial charge is 0.490 e. The lowest BCUT2D eigenvalue weighted by Gasteiger charge is -2.17. The zero-order chi connectivity index (χ0) is 14.3. The summed E-state index contributed by atoms with van der Waals surface area (Å²) in [6.45, 7) is 2.56. The number of nitrogens with one attached hydrogen (secondary N) is 1. The molecule has 19 heavy (non-hydrogen) atoms. The number of hydrogen-bond donors (Lipinski definition) is 2. The van der Waals surface area contributed by atoms with Gasteiger partial charge < -0.3 is 15.2 Å². The van der Waals surface area contributed by atoms with E-state index in [9.17, 15) is 13.2 Å². The van der Waals surface area contributed by atoms with E-state index in [-0.39, 0.29) is 0 Å². The molecule has 0 saturated carbocycles. The van der Waals surface area contributed by atoms with E-state index < -0.39 is 18.9 Å². The minimum atomic E-state index is -4.66. The molecule has 0 radical (unpaired) electrons. The van der Waals surface area contributed by atoms with Crippen molar-refractivity contribution in [2.24, 2.45) is 0 Å². The summed E-state index contributed by atoms with van der Waals surface area (Å²) in [4.78, 5) is 0. The summed E-state index contributed by atoms with van der Waals surface area (Å²) in [7, 11) is 0. The van der Waals surface area contributed by atoms with Crippen LogP contribution < -0.4 is 10.1 Å². The number of rotatable bonds is 7. The van der Waals surface area contributed by atoms with Gasteiger partial charge in [-0.2, -0.15) is 13.2 Å². The van der Waals surface area contributed by atoms with Crippen LogP contribution in [0, 0.1) is 0 Å². The molecular formula is C13H18F3NO2. The highest BCUT2D eigenvalue weighted by Gasteiger charge is 2.38. The second-order valence-electron chi connectivity index (χ2n) is 4.15. The number of hydrogen-bond acceptors (Lipinski definition) is 3. The molecule has 108 valence electrons. The van der Waals surface area contributed by atoms with Crippen LogP contribution >= 0.6 is 0 Å². The lowest BCUT2D eigenvalue weighted by molar-refractivity contribution is -0.210. The predicted molar refractivity (Wildman–Crippen MR) is 66.0 cm³/mol. The van der Waals surface area contributed by atoms with E-state index in [1.165, 1.54) is 0 Å². The van der Waals surface area contributed by atoms with Gasteiger partial charge in [0.25, 0.3) is 0 Å². The molecule has 0 amide bonds. The van der Waals surface area contributed by atoms with Crippen LogP contribution in [0.2, 0.25) is 0 Å². The maximum absolute atomic E-state index is 12.2. The highest BCUT2D eigenvalue weighted by atomic mass is 19.4. The Morgan fingerprint density at radius 3 is 2.63 bits per heavy atom. The van der Waals surface area contributed by atoms with Crippen molar-refractivity contribution in [3.05, 3.63) is 29.8 Å². The Morgan fingerprint density at radius 2 is 2.00 bits per heavy atom. The van der Waals surface area contributed by atoms with Gasteiger partial charge in [-0.05, 0) is 19.0 Å². The number of aliphatic hydroxyl groups excluding tert-OH is 1. The molecule has 0 aliphatic heterocycles. The van der Waals surface area contributed by atoms with Gasteiger partial charge in [0, 0.05) is 12.1 Å². The fourth-order valence-electron chi connectivity index (χ4n) is 1.45. The quantitative estimate of drug-likeness (QED) is 0.752. The van der Waals surface area contributed by atoms with Crippen LogP contribution in [-0.4, -0.2) is 30.5 Å². The summed E-state index contributed by atoms with van der Waals surface area (Å²) in [5.74, 6) is 0.356. The number of alkyl halides is 3. The van der Waals surface area contributed by atoms with Crippen LogP contribution in [0.15, 0.2) is 24.3 Å². The molecule has 0 spiro atoms. The first-order valence-corrected chi connectivity index (χ1v) is 6.11. The SMILES string of the molecule is CCCNCc1ccccc1OCC(O)C(F)(F)F. The third-order valence-corrected chi connectivity index (χ3v) is 2.49. The van der Waals surface area contributed by atoms with Gasteiger partial charge in [-0.15, -0.1) is 0 Å². The lowest BCUT2D eigenvalue weighted by atomic mass is 10.2. The molecule has 2 N–H and O–H groups in total. The van der Waals surface area contributed by atoms with Crippen molar-refractivity contribution in [3.63, 3.8) is 0 Å². The standard InChI is InChI=1S/C13H18F3NO2/c1-2-7-17-8-10-5-3-4-6-11(10)19-9-12(18)13(14,15)16/h3-6,12,17-18H,2,7-9H2,1H3. The highest BCUT2D eigenvalue weighted by Crippen LogP contribution is 2.23. The van der Waals surface area contributed by atoms with Gasteiger partial charge in [-0.1, -0.05) is 25.1 Å². The molecule has 0 bridgehead atoms. The monoisotopic (exact) mass is 277 g/mol. The van der Waals surface area contributed by atoms with Gasteiger partial charge in [0.05, 0.1) is 0 Å². The molecule has 0 aromatic heterocycles. The van der Waals surface area contributed by atoms with Gasteiger partial charge in [-0.25, -0.2) is 0 Å². The molecule has 1 aromatic rings. The Kier molecular flexibility index (Phi) is 6.11. The summed E-state index contributed by atoms with van der Waals surface area (Å²) in [6, 6.07) is 6.83. The van der Waals surface area contributed by atoms with Crippen molar-refractivity contribution in [1.29, 1.82) is 0 Å². The van der Waals surface area contributed by atoms with Crippen molar-refractivity contribution >= 4 is 0 Å². The van der Waals surface area contributed by atoms with Crippen molar-refractivity contribution in [1.82, 2.24) is 5.32 Å². The maximum Gasteiger partial charge on any atom is 0.417 e. The first-order chi connectivity index (χ1) is 8.95. The van der Waals surface area contributed by atoms with Crippen molar-refractivity contribution in [2.45, 2.75) is 32.2 Å². The molecule has 1 unspecified atom stereocenters. The van der Waals surface area contributed by atoms with E-state index in [2.05, 4.69) is 5.32 Å². The van der Waals surface area contributed by atoms with Gasteiger partial charge in [-0.3, -0.25) is 0 Å². The molecule has 0 heterocycles. The Morgan fingerprint density at radius 1 is 1.32 bits per heavy atom. The minimum Gasteiger partial charge on any atom is -0.490 e. The molecule has 6 heteroatoms. The van der Waals surface area contributed by atoms with Gasteiger partial charge in [0.15, 0.2) is 6.10 Å². The Bertz CT molecular complexity index is 382. The van der Waals surface area contributed by atoms with E-state index in [4.69, 9.17) is 9.84 Å². The number of para-hydroxylation sites is 1. The maximum atomic E-state index is 12.2. The predicted octanol–water partition coefficient (Wildman–Crippen LogP) is 2.49. The molecule has 0 fully saturated rings. The summed E-state index contributed by atoms with van der Waals surface area (Å²) < 4.78 is 41.5. The number of halogens is 3. The molecular weight excluding hydrogens is 259 g/mol. The van der Waals surface area contributed by atoms with Crippen LogP contribution in [0.3, 0.4) is 0 Å². The van der Waals surface area contributed by atoms with Crippen LogP contribution in [0.1, 0.15) is 18.9 Å². The molecule has 1 atom stereocenters. The van der Waals surface area contributed by atoms with Crippen LogP contribution in [-0.2, 0) is 6.54 Å². The van der Waals surface area contributed by atoms with Crippen molar-refractivity contribution in [2.75, 3.05) is 13.2 Å². The van der Waals surface area contributed by atoms with Crippen molar-refractivity contribution in [3.8, 4) is 5.75 Å². The van der Waals surface area contributed by atoms with Gasteiger partial charge in [0.2, 0.25) is 0 Å². The van der Waals surface area contributed by atoms with Crippen LogP contribution in [0.25, 0.3) is 0 Å². The summed E-state index contributed by atoms with van der Waals surface area (Å²) in [5.41, 5.74) is 0.769. The second kappa shape index (κ2) is 7.35. The van der Waals surface area contributed by atoms with Crippen LogP contribution in [0.4, 0.5) is 13.2 Å².